The molecule has 0 fully saturated rings. The van der Waals surface area contributed by atoms with E-state index in [1.165, 1.54) is 0 Å². The Morgan fingerprint density at radius 1 is 0.0862 bits per heavy atom. The smallest absolute Gasteiger partial charge is 1.00 e. The summed E-state index contributed by atoms with van der Waals surface area (Å²) < 4.78 is 0. The van der Waals surface area contributed by atoms with Crippen LogP contribution in [0.1, 0.15) is 0 Å². The zero-order valence-electron chi connectivity index (χ0n) is 28.6. The third-order valence-electron chi connectivity index (χ3n) is 0. The van der Waals surface area contributed by atoms with Gasteiger partial charge in [0.1, 0.15) is 0 Å². The Balaban J connectivity index is 0. The van der Waals surface area contributed by atoms with E-state index >= 15 is 0 Å². The number of hydrogen-bond acceptors (Lipinski definition) is 33. The van der Waals surface area contributed by atoms with E-state index in [2.05, 4.69) is 0 Å². The van der Waals surface area contributed by atoms with Crippen LogP contribution in [-0.4, -0.2) is 186 Å². The van der Waals surface area contributed by atoms with Crippen molar-refractivity contribution >= 4 is 0 Å². The Labute approximate surface area is 636 Å². The minimum atomic E-state index is 0. The molecule has 0 radical (unpaired) electrons. The summed E-state index contributed by atoms with van der Waals surface area (Å²) in [4.78, 5) is 0. The SMILES string of the molecule is O.[Na+].[Na+].[Na+].[Na+].[Na+].[Na+].[O-2].[O-2].[O-2].[O-2].[O-2].[O-2].[OH-].[OH-].[OH-].[OH-].[OH-].[OH-].[OH-].[OH-].[OH-].[OH-].[OH-].[OH-].[OH-].[OH-].[OH-].[OH-].[OH-].[OH-].[OH-].[OH-].[OH-].[OH-].[OH-].[OH-].[OH-].[OH-].[OH-].[OH-].[OH-].[OH-].[OH-].[OH-].[OH-].[W].[W].[W].[W].[W].[W].[W].[W].[W].[W].[W].[W]. The van der Waals surface area contributed by atoms with Gasteiger partial charge in [-0.25, -0.2) is 0 Å². The van der Waals surface area contributed by atoms with Crippen molar-refractivity contribution in [3.05, 3.63) is 0 Å². The molecule has 0 atom stereocenters. The monoisotopic (exact) mass is 3020 g/mol. The topological polar surface area (TPSA) is 1190 Å². The molecule has 35 N–H and O–H groups in total. The van der Waals surface area contributed by atoms with E-state index in [0.29, 0.717) is 0 Å². The van der Waals surface area contributed by atoms with Crippen molar-refractivity contribution in [2.75, 3.05) is 0 Å². The second-order valence-corrected chi connectivity index (χ2v) is 0. The summed E-state index contributed by atoms with van der Waals surface area (Å²) in [6.07, 6.45) is 0. The fraction of sp³-hybridized carbons (Fsp3) is 0. The summed E-state index contributed by atoms with van der Waals surface area (Å²) in [6, 6.07) is 0. The zero-order valence-corrected chi connectivity index (χ0v) is 75.8. The first-order valence-electron chi connectivity index (χ1n) is 0. The van der Waals surface area contributed by atoms with Crippen molar-refractivity contribution < 1.29 is 649 Å². The van der Waals surface area contributed by atoms with E-state index in [0.717, 1.165) is 0 Å². The van der Waals surface area contributed by atoms with Crippen molar-refractivity contribution in [1.29, 1.82) is 0 Å². The largest absolute Gasteiger partial charge is 2.00 e. The summed E-state index contributed by atoms with van der Waals surface area (Å²) in [5, 5.41) is 0. The molecule has 40 nitrogen and oxygen atoms in total. The first kappa shape index (κ1) is 2140. The average molecular weight is 3020 g/mol. The summed E-state index contributed by atoms with van der Waals surface area (Å²) >= 11 is 0. The molecule has 0 aliphatic rings. The van der Waals surface area contributed by atoms with Gasteiger partial charge in [-0.2, -0.15) is 0 Å². The molecule has 0 aromatic rings. The molecule has 392 valence electrons. The minimum Gasteiger partial charge on any atom is -2.00 e. The summed E-state index contributed by atoms with van der Waals surface area (Å²) in [6.45, 7) is 0. The Kier molecular flexibility index (Phi) is 75600. The van der Waals surface area contributed by atoms with Crippen LogP contribution in [0.4, 0.5) is 0 Å². The van der Waals surface area contributed by atoms with E-state index in [9.17, 15) is 0 Å². The predicted octanol–water partition coefficient (Wildman–Crippen LogP) is -25.4. The van der Waals surface area contributed by atoms with E-state index in [4.69, 9.17) is 0 Å². The van der Waals surface area contributed by atoms with Gasteiger partial charge in [-0.05, 0) is 0 Å². The van der Waals surface area contributed by atoms with Crippen LogP contribution in [0, 0.1) is 0 Å². The van der Waals surface area contributed by atoms with Gasteiger partial charge in [0.05, 0.1) is 0 Å². The van der Waals surface area contributed by atoms with Gasteiger partial charge in [0.25, 0.3) is 0 Å². The fourth-order valence-electron chi connectivity index (χ4n) is 0. The second-order valence-electron chi connectivity index (χ2n) is 0. The molecule has 0 aromatic heterocycles. The quantitative estimate of drug-likeness (QED) is 0.203. The third-order valence-corrected chi connectivity index (χ3v) is 0. The molecule has 0 amide bonds. The maximum Gasteiger partial charge on any atom is 1.00 e. The van der Waals surface area contributed by atoms with Crippen molar-refractivity contribution in [3.63, 3.8) is 0 Å². The van der Waals surface area contributed by atoms with Gasteiger partial charge >= 0.3 is 177 Å². The normalized spacial score (nSPS) is 0. The van der Waals surface area contributed by atoms with Gasteiger partial charge in [0.15, 0.2) is 0 Å². The van der Waals surface area contributed by atoms with Gasteiger partial charge in [-0.3, -0.25) is 0 Å². The molecule has 0 saturated carbocycles. The van der Waals surface area contributed by atoms with Crippen LogP contribution in [0.2, 0.25) is 0 Å². The van der Waals surface area contributed by atoms with Crippen molar-refractivity contribution in [1.82, 2.24) is 0 Å². The van der Waals surface area contributed by atoms with Crippen molar-refractivity contribution in [2.45, 2.75) is 0 Å². The van der Waals surface area contributed by atoms with Crippen LogP contribution in [0.5, 0.6) is 0 Å². The van der Waals surface area contributed by atoms with Gasteiger partial charge in [-0.15, -0.1) is 0 Å². The molecular weight excluding hydrogens is 2980 g/mol. The first-order chi connectivity index (χ1) is 0. The van der Waals surface area contributed by atoms with Gasteiger partial charge in [0, 0.05) is 253 Å². The van der Waals surface area contributed by atoms with Gasteiger partial charge in [-0.1, -0.05) is 0 Å². The van der Waals surface area contributed by atoms with Crippen LogP contribution in [0.3, 0.4) is 0 Å². The van der Waals surface area contributed by atoms with Gasteiger partial charge < -0.3 is 219 Å². The van der Waals surface area contributed by atoms with Crippen LogP contribution in [0.15, 0.2) is 0 Å². The maximum atomic E-state index is 0. The predicted molar refractivity (Wildman–Crippen MR) is 71.6 cm³/mol. The first-order valence-corrected chi connectivity index (χ1v) is 0. The molecule has 0 aromatic carbocycles. The Morgan fingerprint density at radius 3 is 0.0862 bits per heavy atom. The molecule has 0 saturated heterocycles. The fourth-order valence-corrected chi connectivity index (χ4v) is 0. The van der Waals surface area contributed by atoms with Crippen LogP contribution >= 0.6 is 0 Å². The second kappa shape index (κ2) is 2050. The molecule has 0 aliphatic carbocycles. The molecule has 58 heavy (non-hydrogen) atoms. The number of hydrogen-bond donors (Lipinski definition) is 0. The average Bonchev–Trinajstić information content (AvgIpc) is 0. The summed E-state index contributed by atoms with van der Waals surface area (Å²) in [5.74, 6) is 0. The molecule has 0 rings (SSSR count). The molecule has 0 aliphatic heterocycles. The maximum absolute atomic E-state index is 0. The molecule has 0 unspecified atom stereocenters. The Morgan fingerprint density at radius 2 is 0.0862 bits per heavy atom. The van der Waals surface area contributed by atoms with Crippen molar-refractivity contribution in [2.24, 2.45) is 0 Å². The minimum absolute atomic E-state index is 0. The Bertz CT molecular complexity index is 68.4. The Hall–Kier alpha value is 12.7. The third kappa shape index (κ3) is 1960. The molecule has 0 heterocycles. The molecule has 0 bridgehead atoms. The van der Waals surface area contributed by atoms with E-state index in [1.807, 2.05) is 0 Å². The standard InChI is InChI=1S/6Na.34H2O.6O.12W/h;;;;;;34*1H2;;;;;;;;;;;;;;;;;;/q6*+1;;;;;;;;;;;;;;;;;;;;;;;;;;;;;;;;;;;6*-2;;;;;;;;;;;;/p-33. The van der Waals surface area contributed by atoms with Crippen LogP contribution < -0.4 is 177 Å². The van der Waals surface area contributed by atoms with Crippen molar-refractivity contribution in [3.8, 4) is 0 Å². The summed E-state index contributed by atoms with van der Waals surface area (Å²) in [5.41, 5.74) is 0. The van der Waals surface area contributed by atoms with E-state index < -0.39 is 0 Å². The van der Waals surface area contributed by atoms with E-state index in [-0.39, 0.29) is 649 Å². The molecule has 58 heteroatoms. The van der Waals surface area contributed by atoms with Gasteiger partial charge in [0.2, 0.25) is 0 Å². The van der Waals surface area contributed by atoms with Crippen LogP contribution in [0.25, 0.3) is 0 Å². The molecule has 0 spiro atoms. The van der Waals surface area contributed by atoms with E-state index in [1.54, 1.807) is 0 Å². The summed E-state index contributed by atoms with van der Waals surface area (Å²) in [7, 11) is 0. The van der Waals surface area contributed by atoms with Crippen LogP contribution in [-0.2, 0) is 286 Å². The molecular formula is H35Na6O40W12-39. The zero-order chi connectivity index (χ0) is 0. The number of rotatable bonds is 0.